The highest BCUT2D eigenvalue weighted by molar-refractivity contribution is 5.91. The molecule has 3 aromatic carbocycles. The van der Waals surface area contributed by atoms with Gasteiger partial charge in [0.25, 0.3) is 0 Å². The Bertz CT molecular complexity index is 1370. The number of hydrogen-bond donors (Lipinski definition) is 0. The zero-order chi connectivity index (χ0) is 19.1. The van der Waals surface area contributed by atoms with Gasteiger partial charge in [-0.2, -0.15) is 4.52 Å². The summed E-state index contributed by atoms with van der Waals surface area (Å²) in [6.45, 7) is 2.55. The molecule has 5 heteroatoms. The monoisotopic (exact) mass is 366 g/mol. The first-order chi connectivity index (χ1) is 13.7. The second-order valence-electron chi connectivity index (χ2n) is 6.85. The van der Waals surface area contributed by atoms with E-state index in [9.17, 15) is 4.79 Å². The molecule has 0 saturated heterocycles. The minimum absolute atomic E-state index is 0.188. The molecule has 0 saturated carbocycles. The lowest BCUT2D eigenvalue weighted by atomic mass is 10.1. The van der Waals surface area contributed by atoms with E-state index in [1.807, 2.05) is 66.7 Å². The van der Waals surface area contributed by atoms with Crippen LogP contribution in [-0.4, -0.2) is 19.2 Å². The Labute approximate surface area is 161 Å². The van der Waals surface area contributed by atoms with Crippen LogP contribution >= 0.6 is 0 Å². The molecule has 0 spiro atoms. The van der Waals surface area contributed by atoms with Gasteiger partial charge in [0.1, 0.15) is 0 Å². The Hall–Kier alpha value is -3.73. The smallest absolute Gasteiger partial charge is 0.287 e. The lowest BCUT2D eigenvalue weighted by molar-refractivity contribution is 0.714. The van der Waals surface area contributed by atoms with E-state index >= 15 is 0 Å². The van der Waals surface area contributed by atoms with Gasteiger partial charge in [-0.1, -0.05) is 66.7 Å². The lowest BCUT2D eigenvalue weighted by Crippen LogP contribution is -2.28. The average Bonchev–Trinajstić information content (AvgIpc) is 3.19. The molecule has 5 rings (SSSR count). The molecule has 0 radical (unpaired) electrons. The van der Waals surface area contributed by atoms with Crippen LogP contribution in [0.3, 0.4) is 0 Å². The van der Waals surface area contributed by atoms with Crippen molar-refractivity contribution in [2.24, 2.45) is 0 Å². The fourth-order valence-corrected chi connectivity index (χ4v) is 3.56. The highest BCUT2D eigenvalue weighted by atomic mass is 16.2. The summed E-state index contributed by atoms with van der Waals surface area (Å²) in [5, 5.41) is 5.44. The number of aromatic nitrogens is 4. The molecule has 0 amide bonds. The molecule has 28 heavy (non-hydrogen) atoms. The topological polar surface area (TPSA) is 52.2 Å². The van der Waals surface area contributed by atoms with E-state index in [-0.39, 0.29) is 5.69 Å². The van der Waals surface area contributed by atoms with Gasteiger partial charge in [0.15, 0.2) is 11.5 Å². The van der Waals surface area contributed by atoms with E-state index in [4.69, 9.17) is 0 Å². The van der Waals surface area contributed by atoms with Gasteiger partial charge in [-0.15, -0.1) is 5.10 Å². The molecule has 5 nitrogen and oxygen atoms in total. The summed E-state index contributed by atoms with van der Waals surface area (Å²) in [6, 6.07) is 25.7. The third-order valence-electron chi connectivity index (χ3n) is 5.08. The standard InChI is InChI=1S/C23H18N4O/c1-16-9-5-6-12-18(16)15-26-20-14-8-7-13-19(20)22-24-21(25-27(22)23(26)28)17-10-3-2-4-11-17/h2-14H,15H2,1H3. The van der Waals surface area contributed by atoms with Gasteiger partial charge in [0.2, 0.25) is 0 Å². The molecule has 0 atom stereocenters. The van der Waals surface area contributed by atoms with Crippen LogP contribution in [0.4, 0.5) is 0 Å². The van der Waals surface area contributed by atoms with Gasteiger partial charge in [-0.3, -0.25) is 4.57 Å². The number of hydrogen-bond acceptors (Lipinski definition) is 3. The second kappa shape index (κ2) is 6.46. The van der Waals surface area contributed by atoms with Crippen molar-refractivity contribution in [3.8, 4) is 11.4 Å². The third kappa shape index (κ3) is 2.60. The van der Waals surface area contributed by atoms with Gasteiger partial charge in [0.05, 0.1) is 12.1 Å². The van der Waals surface area contributed by atoms with Crippen molar-refractivity contribution >= 4 is 16.6 Å². The summed E-state index contributed by atoms with van der Waals surface area (Å²) in [7, 11) is 0. The Morgan fingerprint density at radius 1 is 0.857 bits per heavy atom. The van der Waals surface area contributed by atoms with E-state index in [0.717, 1.165) is 27.6 Å². The number of para-hydroxylation sites is 1. The maximum absolute atomic E-state index is 13.3. The summed E-state index contributed by atoms with van der Waals surface area (Å²) in [5.74, 6) is 0.552. The zero-order valence-corrected chi connectivity index (χ0v) is 15.4. The quantitative estimate of drug-likeness (QED) is 0.484. The summed E-state index contributed by atoms with van der Waals surface area (Å²) < 4.78 is 3.19. The van der Waals surface area contributed by atoms with Gasteiger partial charge in [-0.05, 0) is 30.2 Å². The Kier molecular flexibility index (Phi) is 3.79. The molecular weight excluding hydrogens is 348 g/mol. The van der Waals surface area contributed by atoms with Crippen molar-refractivity contribution < 1.29 is 0 Å². The predicted octanol–water partition coefficient (Wildman–Crippen LogP) is 4.07. The lowest BCUT2D eigenvalue weighted by Gasteiger charge is -2.12. The van der Waals surface area contributed by atoms with Crippen molar-refractivity contribution in [1.82, 2.24) is 19.2 Å². The first-order valence-corrected chi connectivity index (χ1v) is 9.20. The number of aryl methyl sites for hydroxylation is 1. The van der Waals surface area contributed by atoms with Gasteiger partial charge in [-0.25, -0.2) is 9.78 Å². The molecule has 2 aromatic heterocycles. The van der Waals surface area contributed by atoms with Crippen LogP contribution in [0, 0.1) is 6.92 Å². The van der Waals surface area contributed by atoms with E-state index in [0.29, 0.717) is 18.0 Å². The van der Waals surface area contributed by atoms with E-state index in [1.165, 1.54) is 4.52 Å². The minimum Gasteiger partial charge on any atom is -0.287 e. The summed E-state index contributed by atoms with van der Waals surface area (Å²) in [5.41, 5.74) is 4.40. The SMILES string of the molecule is Cc1ccccc1Cn1c(=O)n2nc(-c3ccccc3)nc2c2ccccc21. The van der Waals surface area contributed by atoms with Gasteiger partial charge >= 0.3 is 5.69 Å². The largest absolute Gasteiger partial charge is 0.351 e. The van der Waals surface area contributed by atoms with Crippen molar-refractivity contribution in [2.75, 3.05) is 0 Å². The van der Waals surface area contributed by atoms with Crippen LogP contribution in [0.15, 0.2) is 83.7 Å². The summed E-state index contributed by atoms with van der Waals surface area (Å²) >= 11 is 0. The highest BCUT2D eigenvalue weighted by Crippen LogP contribution is 2.21. The average molecular weight is 366 g/mol. The van der Waals surface area contributed by atoms with E-state index < -0.39 is 0 Å². The van der Waals surface area contributed by atoms with Crippen LogP contribution < -0.4 is 5.69 Å². The van der Waals surface area contributed by atoms with Crippen LogP contribution in [0.1, 0.15) is 11.1 Å². The maximum atomic E-state index is 13.3. The third-order valence-corrected chi connectivity index (χ3v) is 5.08. The van der Waals surface area contributed by atoms with Crippen LogP contribution in [0.5, 0.6) is 0 Å². The fourth-order valence-electron chi connectivity index (χ4n) is 3.56. The molecule has 0 aliphatic heterocycles. The predicted molar refractivity (Wildman–Crippen MR) is 110 cm³/mol. The Morgan fingerprint density at radius 3 is 2.39 bits per heavy atom. The number of fused-ring (bicyclic) bond motifs is 3. The molecule has 0 fully saturated rings. The van der Waals surface area contributed by atoms with Crippen molar-refractivity contribution in [3.63, 3.8) is 0 Å². The first-order valence-electron chi connectivity index (χ1n) is 9.20. The highest BCUT2D eigenvalue weighted by Gasteiger charge is 2.16. The Balaban J connectivity index is 1.79. The minimum atomic E-state index is -0.188. The number of nitrogens with zero attached hydrogens (tertiary/aromatic N) is 4. The van der Waals surface area contributed by atoms with Gasteiger partial charge in [0, 0.05) is 10.9 Å². The molecule has 0 N–H and O–H groups in total. The van der Waals surface area contributed by atoms with Crippen LogP contribution in [-0.2, 0) is 6.54 Å². The van der Waals surface area contributed by atoms with E-state index in [2.05, 4.69) is 29.1 Å². The second-order valence-corrected chi connectivity index (χ2v) is 6.85. The van der Waals surface area contributed by atoms with Crippen LogP contribution in [0.25, 0.3) is 27.9 Å². The van der Waals surface area contributed by atoms with Gasteiger partial charge < -0.3 is 0 Å². The fraction of sp³-hybridized carbons (Fsp3) is 0.0870. The molecule has 0 unspecified atom stereocenters. The number of rotatable bonds is 3. The summed E-state index contributed by atoms with van der Waals surface area (Å²) in [4.78, 5) is 18.0. The molecule has 5 aromatic rings. The molecule has 0 aliphatic rings. The molecule has 0 bridgehead atoms. The maximum Gasteiger partial charge on any atom is 0.351 e. The number of benzene rings is 3. The van der Waals surface area contributed by atoms with Crippen molar-refractivity contribution in [2.45, 2.75) is 13.5 Å². The van der Waals surface area contributed by atoms with Crippen LogP contribution in [0.2, 0.25) is 0 Å². The molecule has 136 valence electrons. The zero-order valence-electron chi connectivity index (χ0n) is 15.4. The molecular formula is C23H18N4O. The first kappa shape index (κ1) is 16.4. The summed E-state index contributed by atoms with van der Waals surface area (Å²) in [6.07, 6.45) is 0. The molecule has 0 aliphatic carbocycles. The van der Waals surface area contributed by atoms with Crippen molar-refractivity contribution in [1.29, 1.82) is 0 Å². The normalized spacial score (nSPS) is 11.3. The van der Waals surface area contributed by atoms with Crippen molar-refractivity contribution in [3.05, 3.63) is 100 Å². The van der Waals surface area contributed by atoms with E-state index in [1.54, 1.807) is 4.57 Å². The Morgan fingerprint density at radius 2 is 1.57 bits per heavy atom. The molecule has 2 heterocycles.